The molecule has 0 fully saturated rings. The SMILES string of the molecule is N=C(N)c1ccc2[nH]c(-c3cc(Cl)cc(Cl)c3O)cc2c1. The van der Waals surface area contributed by atoms with Gasteiger partial charge in [0.2, 0.25) is 0 Å². The zero-order chi connectivity index (χ0) is 15.1. The molecule has 2 aromatic carbocycles. The molecule has 6 heteroatoms. The van der Waals surface area contributed by atoms with Crippen LogP contribution in [0, 0.1) is 5.41 Å². The number of nitrogen functional groups attached to an aromatic ring is 1. The number of hydrogen-bond acceptors (Lipinski definition) is 2. The Morgan fingerprint density at radius 3 is 2.62 bits per heavy atom. The fourth-order valence-corrected chi connectivity index (χ4v) is 2.71. The number of aromatic amines is 1. The minimum atomic E-state index is -0.0283. The molecule has 0 amide bonds. The molecule has 4 nitrogen and oxygen atoms in total. The van der Waals surface area contributed by atoms with Crippen molar-refractivity contribution in [3.63, 3.8) is 0 Å². The number of rotatable bonds is 2. The van der Waals surface area contributed by atoms with E-state index in [0.29, 0.717) is 21.8 Å². The van der Waals surface area contributed by atoms with E-state index in [1.165, 1.54) is 6.07 Å². The fourth-order valence-electron chi connectivity index (χ4n) is 2.22. The lowest BCUT2D eigenvalue weighted by atomic mass is 10.1. The lowest BCUT2D eigenvalue weighted by Gasteiger charge is -2.05. The molecule has 0 radical (unpaired) electrons. The van der Waals surface area contributed by atoms with Crippen LogP contribution in [-0.2, 0) is 0 Å². The normalized spacial score (nSPS) is 11.0. The Morgan fingerprint density at radius 1 is 1.14 bits per heavy atom. The van der Waals surface area contributed by atoms with Gasteiger partial charge in [0.1, 0.15) is 11.6 Å². The molecule has 0 saturated heterocycles. The number of nitrogens with two attached hydrogens (primary N) is 1. The van der Waals surface area contributed by atoms with Gasteiger partial charge in [-0.3, -0.25) is 5.41 Å². The number of aromatic hydroxyl groups is 1. The van der Waals surface area contributed by atoms with E-state index >= 15 is 0 Å². The predicted octanol–water partition coefficient (Wildman–Crippen LogP) is 4.13. The van der Waals surface area contributed by atoms with Gasteiger partial charge < -0.3 is 15.8 Å². The van der Waals surface area contributed by atoms with E-state index in [0.717, 1.165) is 10.9 Å². The van der Waals surface area contributed by atoms with E-state index in [4.69, 9.17) is 34.3 Å². The maximum absolute atomic E-state index is 10.1. The molecule has 0 atom stereocenters. The van der Waals surface area contributed by atoms with Crippen LogP contribution in [0.25, 0.3) is 22.2 Å². The summed E-state index contributed by atoms with van der Waals surface area (Å²) in [5.41, 5.74) is 8.20. The Balaban J connectivity index is 2.20. The Labute approximate surface area is 130 Å². The summed E-state index contributed by atoms with van der Waals surface area (Å²) in [6.45, 7) is 0. The second-order valence-electron chi connectivity index (χ2n) is 4.68. The Kier molecular flexibility index (Phi) is 3.27. The monoisotopic (exact) mass is 319 g/mol. The van der Waals surface area contributed by atoms with Gasteiger partial charge >= 0.3 is 0 Å². The Hall–Kier alpha value is -2.17. The van der Waals surface area contributed by atoms with E-state index in [1.807, 2.05) is 12.1 Å². The molecule has 1 heterocycles. The molecule has 21 heavy (non-hydrogen) atoms. The third-order valence-corrected chi connectivity index (χ3v) is 3.76. The molecule has 3 rings (SSSR count). The number of nitrogens with one attached hydrogen (secondary N) is 2. The summed E-state index contributed by atoms with van der Waals surface area (Å²) in [6, 6.07) is 10.4. The molecule has 0 saturated carbocycles. The third kappa shape index (κ3) is 2.44. The molecule has 1 aromatic heterocycles. The van der Waals surface area contributed by atoms with Crippen molar-refractivity contribution in [1.29, 1.82) is 5.41 Å². The summed E-state index contributed by atoms with van der Waals surface area (Å²) in [7, 11) is 0. The zero-order valence-corrected chi connectivity index (χ0v) is 12.3. The van der Waals surface area contributed by atoms with Crippen LogP contribution in [0.15, 0.2) is 36.4 Å². The van der Waals surface area contributed by atoms with Gasteiger partial charge in [0.15, 0.2) is 0 Å². The molecule has 3 aromatic rings. The molecule has 106 valence electrons. The highest BCUT2D eigenvalue weighted by molar-refractivity contribution is 6.36. The lowest BCUT2D eigenvalue weighted by molar-refractivity contribution is 0.477. The summed E-state index contributed by atoms with van der Waals surface area (Å²) in [6.07, 6.45) is 0. The first-order valence-electron chi connectivity index (χ1n) is 6.11. The van der Waals surface area contributed by atoms with Gasteiger partial charge in [-0.25, -0.2) is 0 Å². The van der Waals surface area contributed by atoms with Crippen LogP contribution >= 0.6 is 23.2 Å². The van der Waals surface area contributed by atoms with Crippen molar-refractivity contribution >= 4 is 39.9 Å². The first-order chi connectivity index (χ1) is 9.95. The van der Waals surface area contributed by atoms with Crippen LogP contribution in [0.1, 0.15) is 5.56 Å². The number of aromatic nitrogens is 1. The molecule has 0 aliphatic rings. The molecule has 0 aliphatic carbocycles. The number of hydrogen-bond donors (Lipinski definition) is 4. The summed E-state index contributed by atoms with van der Waals surface area (Å²) in [5.74, 6) is -0.0206. The molecule has 5 N–H and O–H groups in total. The summed E-state index contributed by atoms with van der Waals surface area (Å²) in [5, 5.41) is 19.1. The average molecular weight is 320 g/mol. The molecule has 0 unspecified atom stereocenters. The maximum atomic E-state index is 10.1. The number of benzene rings is 2. The van der Waals surface area contributed by atoms with Gasteiger partial charge in [-0.05, 0) is 36.4 Å². The topological polar surface area (TPSA) is 85.9 Å². The van der Waals surface area contributed by atoms with Crippen LogP contribution in [0.3, 0.4) is 0 Å². The van der Waals surface area contributed by atoms with E-state index < -0.39 is 0 Å². The van der Waals surface area contributed by atoms with Crippen LogP contribution < -0.4 is 5.73 Å². The average Bonchev–Trinajstić information content (AvgIpc) is 2.85. The number of phenolic OH excluding ortho intramolecular Hbond substituents is 1. The fraction of sp³-hybridized carbons (Fsp3) is 0. The number of fused-ring (bicyclic) bond motifs is 1. The van der Waals surface area contributed by atoms with E-state index in [2.05, 4.69) is 4.98 Å². The smallest absolute Gasteiger partial charge is 0.143 e. The maximum Gasteiger partial charge on any atom is 0.143 e. The van der Waals surface area contributed by atoms with Crippen molar-refractivity contribution < 1.29 is 5.11 Å². The molecule has 0 spiro atoms. The highest BCUT2D eigenvalue weighted by Gasteiger charge is 2.12. The lowest BCUT2D eigenvalue weighted by Crippen LogP contribution is -2.10. The van der Waals surface area contributed by atoms with E-state index in [9.17, 15) is 5.11 Å². The summed E-state index contributed by atoms with van der Waals surface area (Å²) >= 11 is 11.9. The van der Waals surface area contributed by atoms with E-state index in [-0.39, 0.29) is 16.6 Å². The molecular formula is C15H11Cl2N3O. The first-order valence-corrected chi connectivity index (χ1v) is 6.87. The number of amidine groups is 1. The summed E-state index contributed by atoms with van der Waals surface area (Å²) < 4.78 is 0. The third-order valence-electron chi connectivity index (χ3n) is 3.25. The van der Waals surface area contributed by atoms with Gasteiger partial charge in [-0.2, -0.15) is 0 Å². The molecule has 0 aliphatic heterocycles. The van der Waals surface area contributed by atoms with Crippen molar-refractivity contribution in [2.45, 2.75) is 0 Å². The molecular weight excluding hydrogens is 309 g/mol. The van der Waals surface area contributed by atoms with Crippen molar-refractivity contribution in [2.24, 2.45) is 5.73 Å². The van der Waals surface area contributed by atoms with Crippen molar-refractivity contribution in [3.05, 3.63) is 52.0 Å². The van der Waals surface area contributed by atoms with Crippen LogP contribution in [-0.4, -0.2) is 15.9 Å². The van der Waals surface area contributed by atoms with Crippen molar-refractivity contribution in [2.75, 3.05) is 0 Å². The highest BCUT2D eigenvalue weighted by Crippen LogP contribution is 2.38. The number of H-pyrrole nitrogens is 1. The van der Waals surface area contributed by atoms with Crippen molar-refractivity contribution in [3.8, 4) is 17.0 Å². The quantitative estimate of drug-likeness (QED) is 0.423. The highest BCUT2D eigenvalue weighted by atomic mass is 35.5. The summed E-state index contributed by atoms with van der Waals surface area (Å²) in [4.78, 5) is 3.18. The number of halogens is 2. The van der Waals surface area contributed by atoms with Gasteiger partial charge in [-0.15, -0.1) is 0 Å². The van der Waals surface area contributed by atoms with Gasteiger partial charge in [0, 0.05) is 27.1 Å². The van der Waals surface area contributed by atoms with E-state index in [1.54, 1.807) is 18.2 Å². The largest absolute Gasteiger partial charge is 0.506 e. The standard InChI is InChI=1S/C15H11Cl2N3O/c16-9-5-10(14(21)11(17)6-9)13-4-8-3-7(15(18)19)1-2-12(8)20-13/h1-6,20-21H,(H3,18,19). The Morgan fingerprint density at radius 2 is 1.90 bits per heavy atom. The van der Waals surface area contributed by atoms with Crippen molar-refractivity contribution in [1.82, 2.24) is 4.98 Å². The second-order valence-corrected chi connectivity index (χ2v) is 5.53. The van der Waals surface area contributed by atoms with Gasteiger partial charge in [0.25, 0.3) is 0 Å². The van der Waals surface area contributed by atoms with Crippen LogP contribution in [0.5, 0.6) is 5.75 Å². The van der Waals surface area contributed by atoms with Gasteiger partial charge in [0.05, 0.1) is 10.7 Å². The Bertz CT molecular complexity index is 871. The van der Waals surface area contributed by atoms with Crippen LogP contribution in [0.4, 0.5) is 0 Å². The molecule has 0 bridgehead atoms. The minimum Gasteiger partial charge on any atom is -0.506 e. The van der Waals surface area contributed by atoms with Gasteiger partial charge in [-0.1, -0.05) is 23.2 Å². The second kappa shape index (κ2) is 4.98. The first kappa shape index (κ1) is 13.8. The zero-order valence-electron chi connectivity index (χ0n) is 10.7. The number of phenols is 1. The predicted molar refractivity (Wildman–Crippen MR) is 86.4 cm³/mol. The minimum absolute atomic E-state index is 0.00768. The van der Waals surface area contributed by atoms with Crippen LogP contribution in [0.2, 0.25) is 10.0 Å².